The molecule has 33 heavy (non-hydrogen) atoms. The van der Waals surface area contributed by atoms with Crippen LogP contribution in [-0.2, 0) is 24.7 Å². The monoisotopic (exact) mass is 514 g/mol. The highest BCUT2D eigenvalue weighted by Crippen LogP contribution is 2.30. The molecule has 0 atom stereocenters. The Hall–Kier alpha value is -3.02. The molecule has 0 fully saturated rings. The van der Waals surface area contributed by atoms with Crippen molar-refractivity contribution in [2.24, 2.45) is 5.92 Å². The van der Waals surface area contributed by atoms with Crippen molar-refractivity contribution in [2.45, 2.75) is 25.9 Å². The zero-order chi connectivity index (χ0) is 24.8. The quantitative estimate of drug-likeness (QED) is 0.282. The van der Waals surface area contributed by atoms with E-state index in [0.717, 1.165) is 6.26 Å². The number of nitrogens with one attached hydrogen (secondary N) is 1. The number of benzene rings is 1. The minimum absolute atomic E-state index is 0.0385. The number of nitriles is 1. The molecule has 1 amide bonds. The fourth-order valence-electron chi connectivity index (χ4n) is 2.49. The number of carbonyl (C=O) groups is 1. The molecule has 0 aliphatic rings. The topological polar surface area (TPSA) is 165 Å². The summed E-state index contributed by atoms with van der Waals surface area (Å²) in [5, 5.41) is 11.3. The van der Waals surface area contributed by atoms with Gasteiger partial charge in [0.05, 0.1) is 18.6 Å². The van der Waals surface area contributed by atoms with Gasteiger partial charge in [0, 0.05) is 11.5 Å². The molecule has 0 unspecified atom stereocenters. The normalized spacial score (nSPS) is 12.3. The van der Waals surface area contributed by atoms with E-state index in [4.69, 9.17) is 8.92 Å². The fourth-order valence-corrected chi connectivity index (χ4v) is 5.31. The lowest BCUT2D eigenvalue weighted by atomic mass is 10.1. The number of ether oxygens (including phenoxy) is 1. The van der Waals surface area contributed by atoms with Crippen molar-refractivity contribution in [1.29, 1.82) is 5.26 Å². The third-order valence-electron chi connectivity index (χ3n) is 3.64. The van der Waals surface area contributed by atoms with Crippen LogP contribution in [-0.4, -0.2) is 50.7 Å². The van der Waals surface area contributed by atoms with E-state index in [1.54, 1.807) is 26.8 Å². The lowest BCUT2D eigenvalue weighted by Crippen LogP contribution is -2.15. The summed E-state index contributed by atoms with van der Waals surface area (Å²) in [5.74, 6) is -1.01. The average Bonchev–Trinajstić information content (AvgIpc) is 3.15. The van der Waals surface area contributed by atoms with Gasteiger partial charge in [-0.2, -0.15) is 23.0 Å². The van der Waals surface area contributed by atoms with Crippen LogP contribution in [0.1, 0.15) is 26.3 Å². The number of carbonyl (C=O) groups excluding carboxylic acids is 1. The highest BCUT2D eigenvalue weighted by atomic mass is 32.2. The predicted molar refractivity (Wildman–Crippen MR) is 122 cm³/mol. The van der Waals surface area contributed by atoms with Crippen molar-refractivity contribution in [1.82, 2.24) is 9.36 Å². The molecular weight excluding hydrogens is 492 g/mol. The van der Waals surface area contributed by atoms with E-state index in [2.05, 4.69) is 14.7 Å². The molecule has 1 aromatic heterocycles. The van der Waals surface area contributed by atoms with E-state index in [1.165, 1.54) is 24.3 Å². The van der Waals surface area contributed by atoms with Crippen molar-refractivity contribution in [2.75, 3.05) is 23.9 Å². The van der Waals surface area contributed by atoms with Gasteiger partial charge in [0.15, 0.2) is 11.5 Å². The molecule has 0 aliphatic carbocycles. The molecule has 2 rings (SSSR count). The van der Waals surface area contributed by atoms with Crippen LogP contribution in [0.2, 0.25) is 0 Å². The Kier molecular flexibility index (Phi) is 8.53. The molecular formula is C19H22N4O7S3. The van der Waals surface area contributed by atoms with Gasteiger partial charge in [-0.3, -0.25) is 10.1 Å². The van der Waals surface area contributed by atoms with Gasteiger partial charge in [-0.05, 0) is 36.6 Å². The second-order valence-electron chi connectivity index (χ2n) is 7.11. The highest BCUT2D eigenvalue weighted by molar-refractivity contribution is 7.91. The minimum Gasteiger partial charge on any atom is -0.490 e. The molecule has 0 radical (unpaired) electrons. The van der Waals surface area contributed by atoms with E-state index < -0.39 is 25.9 Å². The van der Waals surface area contributed by atoms with E-state index in [0.29, 0.717) is 17.1 Å². The van der Waals surface area contributed by atoms with E-state index in [9.17, 15) is 26.9 Å². The van der Waals surface area contributed by atoms with Crippen LogP contribution >= 0.6 is 11.5 Å². The van der Waals surface area contributed by atoms with Crippen molar-refractivity contribution < 1.29 is 30.6 Å². The first-order valence-corrected chi connectivity index (χ1v) is 13.7. The number of amides is 1. The second kappa shape index (κ2) is 10.7. The predicted octanol–water partition coefficient (Wildman–Crippen LogP) is 2.25. The summed E-state index contributed by atoms with van der Waals surface area (Å²) in [6.45, 7) is 5.40. The van der Waals surface area contributed by atoms with Crippen molar-refractivity contribution >= 4 is 48.6 Å². The Labute approximate surface area is 196 Å². The SMILES string of the molecule is CCOc1cc(/C=C(/C#N)C(=O)Nc2nc(S(=O)(=O)CC(C)C)ns2)ccc1OS(C)(=O)=O. The first-order valence-electron chi connectivity index (χ1n) is 9.50. The standard InChI is InChI=1S/C19H22N4O7S3/c1-5-29-16-9-13(6-7-15(16)30-32(4,25)26)8-14(10-20)17(24)21-18-22-19(23-31-18)33(27,28)11-12(2)3/h6-9,12H,5,11H2,1-4H3,(H,21,22,23,24)/b14-8-. The Morgan fingerprint density at radius 2 is 1.97 bits per heavy atom. The number of sulfone groups is 1. The van der Waals surface area contributed by atoms with Crippen LogP contribution in [0.25, 0.3) is 6.08 Å². The summed E-state index contributed by atoms with van der Waals surface area (Å²) in [6, 6.07) is 5.94. The highest BCUT2D eigenvalue weighted by Gasteiger charge is 2.23. The number of anilines is 1. The molecule has 0 saturated carbocycles. The molecule has 0 saturated heterocycles. The van der Waals surface area contributed by atoms with E-state index in [-0.39, 0.29) is 45.6 Å². The molecule has 2 aromatic rings. The van der Waals surface area contributed by atoms with E-state index in [1.807, 2.05) is 0 Å². The Morgan fingerprint density at radius 1 is 1.27 bits per heavy atom. The van der Waals surface area contributed by atoms with Crippen LogP contribution in [0.5, 0.6) is 11.5 Å². The summed E-state index contributed by atoms with van der Waals surface area (Å²) in [4.78, 5) is 16.3. The van der Waals surface area contributed by atoms with Crippen LogP contribution in [0.3, 0.4) is 0 Å². The number of aromatic nitrogens is 2. The van der Waals surface area contributed by atoms with Crippen LogP contribution in [0.4, 0.5) is 5.13 Å². The smallest absolute Gasteiger partial charge is 0.306 e. The van der Waals surface area contributed by atoms with Crippen molar-refractivity contribution in [3.8, 4) is 17.6 Å². The largest absolute Gasteiger partial charge is 0.490 e. The summed E-state index contributed by atoms with van der Waals surface area (Å²) in [6.07, 6.45) is 2.14. The molecule has 0 bridgehead atoms. The Bertz CT molecular complexity index is 1310. The van der Waals surface area contributed by atoms with Gasteiger partial charge < -0.3 is 8.92 Å². The molecule has 1 N–H and O–H groups in total. The molecule has 178 valence electrons. The second-order valence-corrected chi connectivity index (χ2v) is 11.4. The number of hydrogen-bond donors (Lipinski definition) is 1. The van der Waals surface area contributed by atoms with Gasteiger partial charge in [-0.25, -0.2) is 8.42 Å². The lowest BCUT2D eigenvalue weighted by Gasteiger charge is -2.11. The van der Waals surface area contributed by atoms with E-state index >= 15 is 0 Å². The third-order valence-corrected chi connectivity index (χ3v) is 6.72. The van der Waals surface area contributed by atoms with Gasteiger partial charge in [-0.15, -0.1) is 0 Å². The molecule has 1 heterocycles. The van der Waals surface area contributed by atoms with Crippen molar-refractivity contribution in [3.05, 3.63) is 29.3 Å². The Balaban J connectivity index is 2.26. The van der Waals surface area contributed by atoms with Crippen LogP contribution in [0.15, 0.2) is 28.9 Å². The molecule has 11 nitrogen and oxygen atoms in total. The lowest BCUT2D eigenvalue weighted by molar-refractivity contribution is -0.112. The number of hydrogen-bond acceptors (Lipinski definition) is 11. The minimum atomic E-state index is -3.79. The van der Waals surface area contributed by atoms with Gasteiger partial charge in [0.25, 0.3) is 11.1 Å². The third kappa shape index (κ3) is 7.81. The number of rotatable bonds is 10. The van der Waals surface area contributed by atoms with Gasteiger partial charge in [-0.1, -0.05) is 19.9 Å². The average molecular weight is 515 g/mol. The van der Waals surface area contributed by atoms with Gasteiger partial charge in [0.2, 0.25) is 15.0 Å². The maximum Gasteiger partial charge on any atom is 0.306 e. The first-order chi connectivity index (χ1) is 15.3. The summed E-state index contributed by atoms with van der Waals surface area (Å²) >= 11 is 0.680. The summed E-state index contributed by atoms with van der Waals surface area (Å²) < 4.78 is 61.3. The van der Waals surface area contributed by atoms with Crippen molar-refractivity contribution in [3.63, 3.8) is 0 Å². The summed E-state index contributed by atoms with van der Waals surface area (Å²) in [5.41, 5.74) is 0.0551. The molecule has 14 heteroatoms. The molecule has 1 aromatic carbocycles. The van der Waals surface area contributed by atoms with Crippen LogP contribution < -0.4 is 14.2 Å². The van der Waals surface area contributed by atoms with Gasteiger partial charge >= 0.3 is 10.1 Å². The first kappa shape index (κ1) is 26.2. The van der Waals surface area contributed by atoms with Crippen LogP contribution in [0, 0.1) is 17.2 Å². The maximum absolute atomic E-state index is 12.5. The molecule has 0 spiro atoms. The summed E-state index contributed by atoms with van der Waals surface area (Å²) in [7, 11) is -7.48. The number of nitrogens with zero attached hydrogens (tertiary/aromatic N) is 3. The van der Waals surface area contributed by atoms with Gasteiger partial charge in [0.1, 0.15) is 11.6 Å². The zero-order valence-corrected chi connectivity index (χ0v) is 20.7. The zero-order valence-electron chi connectivity index (χ0n) is 18.2. The molecule has 0 aliphatic heterocycles. The Morgan fingerprint density at radius 3 is 2.55 bits per heavy atom. The maximum atomic E-state index is 12.5. The fraction of sp³-hybridized carbons (Fsp3) is 0.368.